The van der Waals surface area contributed by atoms with Crippen LogP contribution in [0.3, 0.4) is 0 Å². The van der Waals surface area contributed by atoms with Gasteiger partial charge >= 0.3 is 6.18 Å². The van der Waals surface area contributed by atoms with Crippen molar-refractivity contribution in [2.24, 2.45) is 0 Å². The second-order valence-corrected chi connectivity index (χ2v) is 9.25. The second-order valence-electron chi connectivity index (χ2n) is 8.34. The van der Waals surface area contributed by atoms with Crippen LogP contribution >= 0.6 is 15.9 Å². The molecule has 6 nitrogen and oxygen atoms in total. The van der Waals surface area contributed by atoms with Gasteiger partial charge in [0, 0.05) is 37.2 Å². The van der Waals surface area contributed by atoms with Crippen molar-refractivity contribution in [2.45, 2.75) is 12.7 Å². The molecule has 10 heteroatoms. The van der Waals surface area contributed by atoms with Gasteiger partial charge in [-0.1, -0.05) is 28.1 Å². The van der Waals surface area contributed by atoms with Crippen molar-refractivity contribution >= 4 is 26.9 Å². The topological polar surface area (TPSA) is 55.2 Å². The summed E-state index contributed by atoms with van der Waals surface area (Å²) >= 11 is 3.27. The summed E-state index contributed by atoms with van der Waals surface area (Å²) in [5.41, 5.74) is -0.688. The number of nitrogens with zero attached hydrogens (tertiary/aromatic N) is 2. The van der Waals surface area contributed by atoms with E-state index in [0.29, 0.717) is 48.8 Å². The molecule has 2 aliphatic heterocycles. The molecule has 2 aromatic carbocycles. The van der Waals surface area contributed by atoms with E-state index in [1.54, 1.807) is 18.2 Å². The van der Waals surface area contributed by atoms with Gasteiger partial charge in [0.15, 0.2) is 0 Å². The Balaban J connectivity index is 1.55. The first kappa shape index (κ1) is 23.3. The van der Waals surface area contributed by atoms with E-state index in [1.807, 2.05) is 4.90 Å². The molecule has 0 bridgehead atoms. The smallest absolute Gasteiger partial charge is 0.450 e. The first-order chi connectivity index (χ1) is 16.3. The van der Waals surface area contributed by atoms with Gasteiger partial charge in [-0.15, -0.1) is 0 Å². The van der Waals surface area contributed by atoms with Crippen LogP contribution in [0.1, 0.15) is 11.3 Å². The molecule has 0 aliphatic carbocycles. The summed E-state index contributed by atoms with van der Waals surface area (Å²) in [5, 5.41) is 0.100. The number of alkyl halides is 3. The average molecular weight is 539 g/mol. The maximum atomic E-state index is 14.1. The predicted molar refractivity (Wildman–Crippen MR) is 124 cm³/mol. The van der Waals surface area contributed by atoms with Gasteiger partial charge in [0.2, 0.25) is 11.2 Å². The monoisotopic (exact) mass is 538 g/mol. The Kier molecular flexibility index (Phi) is 6.41. The van der Waals surface area contributed by atoms with Gasteiger partial charge in [-0.25, -0.2) is 0 Å². The zero-order chi connectivity index (χ0) is 23.9. The van der Waals surface area contributed by atoms with E-state index in [2.05, 4.69) is 20.8 Å². The molecule has 0 radical (unpaired) electrons. The fourth-order valence-electron chi connectivity index (χ4n) is 4.34. The van der Waals surface area contributed by atoms with Crippen LogP contribution < -0.4 is 10.2 Å². The zero-order valence-corrected chi connectivity index (χ0v) is 19.7. The summed E-state index contributed by atoms with van der Waals surface area (Å²) < 4.78 is 59.5. The van der Waals surface area contributed by atoms with Crippen LogP contribution in [0.25, 0.3) is 22.1 Å². The summed E-state index contributed by atoms with van der Waals surface area (Å²) in [4.78, 5) is 17.6. The SMILES string of the molecule is O=c1c(-c2ccc(Br)cc2)c(C(F)(F)F)oc2c3c(ccc12)OCN(CCN1CCOCC1)C3. The largest absolute Gasteiger partial charge is 0.478 e. The molecule has 3 heterocycles. The van der Waals surface area contributed by atoms with Crippen LogP contribution in [0, 0.1) is 0 Å². The Hall–Kier alpha value is -2.40. The molecule has 3 aromatic rings. The van der Waals surface area contributed by atoms with E-state index in [4.69, 9.17) is 13.9 Å². The molecule has 1 aromatic heterocycles. The third kappa shape index (κ3) is 4.59. The number of hydrogen-bond donors (Lipinski definition) is 0. The van der Waals surface area contributed by atoms with Gasteiger partial charge in [0.1, 0.15) is 18.1 Å². The maximum Gasteiger partial charge on any atom is 0.450 e. The molecule has 0 N–H and O–H groups in total. The van der Waals surface area contributed by atoms with Crippen LogP contribution in [0.4, 0.5) is 13.2 Å². The van der Waals surface area contributed by atoms with Crippen molar-refractivity contribution in [1.82, 2.24) is 9.80 Å². The molecule has 34 heavy (non-hydrogen) atoms. The predicted octanol–water partition coefficient (Wildman–Crippen LogP) is 4.73. The minimum atomic E-state index is -4.84. The molecule has 180 valence electrons. The molecule has 1 fully saturated rings. The highest BCUT2D eigenvalue weighted by atomic mass is 79.9. The molecule has 1 saturated heterocycles. The lowest BCUT2D eigenvalue weighted by Gasteiger charge is -2.32. The van der Waals surface area contributed by atoms with Gasteiger partial charge in [0.05, 0.1) is 29.7 Å². The second kappa shape index (κ2) is 9.33. The molecule has 2 aliphatic rings. The molecule has 0 unspecified atom stereocenters. The van der Waals surface area contributed by atoms with E-state index in [0.717, 1.165) is 19.6 Å². The van der Waals surface area contributed by atoms with Crippen LogP contribution in [-0.2, 0) is 17.5 Å². The van der Waals surface area contributed by atoms with Gasteiger partial charge in [0.25, 0.3) is 0 Å². The van der Waals surface area contributed by atoms with Crippen molar-refractivity contribution in [3.05, 3.63) is 62.4 Å². The fraction of sp³-hybridized carbons (Fsp3) is 0.375. The lowest BCUT2D eigenvalue weighted by molar-refractivity contribution is -0.152. The minimum absolute atomic E-state index is 0.0771. The Morgan fingerprint density at radius 1 is 0.971 bits per heavy atom. The molecule has 5 rings (SSSR count). The quantitative estimate of drug-likeness (QED) is 0.479. The Bertz CT molecular complexity index is 1250. The summed E-state index contributed by atoms with van der Waals surface area (Å²) in [6.07, 6.45) is -4.84. The molecular formula is C24H22BrF3N2O4. The lowest BCUT2D eigenvalue weighted by atomic mass is 10.00. The highest BCUT2D eigenvalue weighted by Gasteiger charge is 2.40. The van der Waals surface area contributed by atoms with Crippen molar-refractivity contribution in [3.8, 4) is 16.9 Å². The zero-order valence-electron chi connectivity index (χ0n) is 18.2. The van der Waals surface area contributed by atoms with E-state index >= 15 is 0 Å². The number of fused-ring (bicyclic) bond motifs is 3. The van der Waals surface area contributed by atoms with Crippen molar-refractivity contribution in [1.29, 1.82) is 0 Å². The number of morpholine rings is 1. The van der Waals surface area contributed by atoms with Gasteiger partial charge < -0.3 is 13.9 Å². The average Bonchev–Trinajstić information content (AvgIpc) is 2.83. The van der Waals surface area contributed by atoms with E-state index in [-0.39, 0.29) is 16.5 Å². The van der Waals surface area contributed by atoms with Crippen LogP contribution in [0.2, 0.25) is 0 Å². The maximum absolute atomic E-state index is 14.1. The fourth-order valence-corrected chi connectivity index (χ4v) is 4.60. The van der Waals surface area contributed by atoms with Crippen molar-refractivity contribution in [2.75, 3.05) is 46.1 Å². The molecule has 0 spiro atoms. The van der Waals surface area contributed by atoms with E-state index < -0.39 is 22.9 Å². The first-order valence-electron chi connectivity index (χ1n) is 10.9. The van der Waals surface area contributed by atoms with Gasteiger partial charge in [-0.3, -0.25) is 14.6 Å². The summed E-state index contributed by atoms with van der Waals surface area (Å²) in [6, 6.07) is 9.22. The van der Waals surface area contributed by atoms with Gasteiger partial charge in [-0.2, -0.15) is 13.2 Å². The highest BCUT2D eigenvalue weighted by Crippen LogP contribution is 2.40. The van der Waals surface area contributed by atoms with Crippen molar-refractivity contribution < 1.29 is 27.1 Å². The molecule has 0 atom stereocenters. The van der Waals surface area contributed by atoms with Crippen LogP contribution in [-0.4, -0.2) is 55.9 Å². The third-order valence-electron chi connectivity index (χ3n) is 6.13. The third-order valence-corrected chi connectivity index (χ3v) is 6.66. The summed E-state index contributed by atoms with van der Waals surface area (Å²) in [7, 11) is 0. The van der Waals surface area contributed by atoms with Crippen molar-refractivity contribution in [3.63, 3.8) is 0 Å². The summed E-state index contributed by atoms with van der Waals surface area (Å²) in [5.74, 6) is -0.867. The highest BCUT2D eigenvalue weighted by molar-refractivity contribution is 9.10. The number of rotatable bonds is 4. The normalized spacial score (nSPS) is 17.5. The number of hydrogen-bond acceptors (Lipinski definition) is 6. The standard InChI is InChI=1S/C24H22BrF3N2O4/c25-16-3-1-15(2-4-16)20-21(31)17-5-6-19-18(22(17)34-23(20)24(26,27)28)13-30(14-33-19)8-7-29-9-11-32-12-10-29/h1-6H,7-14H2. The minimum Gasteiger partial charge on any atom is -0.478 e. The molecular weight excluding hydrogens is 517 g/mol. The molecule has 0 saturated carbocycles. The number of halogens is 4. The van der Waals surface area contributed by atoms with Crippen LogP contribution in [0.5, 0.6) is 5.75 Å². The van der Waals surface area contributed by atoms with E-state index in [9.17, 15) is 18.0 Å². The Morgan fingerprint density at radius 3 is 2.38 bits per heavy atom. The Labute approximate surface area is 202 Å². The van der Waals surface area contributed by atoms with E-state index in [1.165, 1.54) is 18.2 Å². The van der Waals surface area contributed by atoms with Gasteiger partial charge in [-0.05, 0) is 29.8 Å². The van der Waals surface area contributed by atoms with Crippen LogP contribution in [0.15, 0.2) is 50.1 Å². The molecule has 0 amide bonds. The lowest BCUT2D eigenvalue weighted by Crippen LogP contribution is -2.43. The Morgan fingerprint density at radius 2 is 1.68 bits per heavy atom. The first-order valence-corrected chi connectivity index (χ1v) is 11.7. The summed E-state index contributed by atoms with van der Waals surface area (Å²) in [6.45, 7) is 5.17. The number of ether oxygens (including phenoxy) is 2. The number of benzene rings is 2.